The summed E-state index contributed by atoms with van der Waals surface area (Å²) in [4.78, 5) is 35.4. The molecule has 0 atom stereocenters. The Morgan fingerprint density at radius 3 is 2.53 bits per heavy atom. The maximum atomic E-state index is 13.7. The van der Waals surface area contributed by atoms with Crippen LogP contribution in [-0.2, 0) is 16.1 Å². The van der Waals surface area contributed by atoms with Crippen molar-refractivity contribution in [3.05, 3.63) is 93.9 Å². The summed E-state index contributed by atoms with van der Waals surface area (Å²) in [6.07, 6.45) is 0. The highest BCUT2D eigenvalue weighted by molar-refractivity contribution is 8.19. The molecule has 1 fully saturated rings. The number of amides is 2. The van der Waals surface area contributed by atoms with Crippen LogP contribution in [0.2, 0.25) is 0 Å². The monoisotopic (exact) mass is 511 g/mol. The van der Waals surface area contributed by atoms with Crippen LogP contribution < -0.4 is 10.2 Å². The number of fused-ring (bicyclic) bond motifs is 1. The van der Waals surface area contributed by atoms with Gasteiger partial charge in [0.15, 0.2) is 5.17 Å². The SMILES string of the molecule is CC(=O)Nc1ccc(N=C2S/C(=C3\Sc4ccccc4N3C)C(=O)N2Cc2ccccc2)cc1C#N. The fourth-order valence-corrected chi connectivity index (χ4v) is 6.27. The van der Waals surface area contributed by atoms with Crippen molar-refractivity contribution >= 4 is 57.6 Å². The Hall–Kier alpha value is -4.00. The number of para-hydroxylation sites is 1. The number of hydrogen-bond acceptors (Lipinski definition) is 7. The minimum absolute atomic E-state index is 0.111. The first-order valence-electron chi connectivity index (χ1n) is 11.1. The Kier molecular flexibility index (Phi) is 6.55. The molecule has 3 aromatic carbocycles. The van der Waals surface area contributed by atoms with Gasteiger partial charge in [-0.3, -0.25) is 14.5 Å². The average molecular weight is 512 g/mol. The minimum atomic E-state index is -0.257. The maximum absolute atomic E-state index is 13.7. The lowest BCUT2D eigenvalue weighted by atomic mass is 10.1. The number of nitrogens with one attached hydrogen (secondary N) is 1. The predicted molar refractivity (Wildman–Crippen MR) is 145 cm³/mol. The quantitative estimate of drug-likeness (QED) is 0.453. The fourth-order valence-electron chi connectivity index (χ4n) is 3.93. The molecule has 0 radical (unpaired) electrons. The summed E-state index contributed by atoms with van der Waals surface area (Å²) < 4.78 is 0. The van der Waals surface area contributed by atoms with Crippen molar-refractivity contribution in [2.45, 2.75) is 18.4 Å². The number of thioether (sulfide) groups is 2. The second kappa shape index (κ2) is 9.93. The highest BCUT2D eigenvalue weighted by atomic mass is 32.2. The molecule has 0 spiro atoms. The van der Waals surface area contributed by atoms with Gasteiger partial charge < -0.3 is 10.2 Å². The van der Waals surface area contributed by atoms with Crippen LogP contribution in [0.3, 0.4) is 0 Å². The molecule has 178 valence electrons. The number of rotatable bonds is 4. The molecule has 2 aliphatic heterocycles. The minimum Gasteiger partial charge on any atom is -0.337 e. The molecule has 5 rings (SSSR count). The third-order valence-corrected chi connectivity index (χ3v) is 8.07. The van der Waals surface area contributed by atoms with E-state index in [1.807, 2.05) is 66.5 Å². The van der Waals surface area contributed by atoms with Crippen molar-refractivity contribution in [3.63, 3.8) is 0 Å². The normalized spacial score (nSPS) is 17.9. The van der Waals surface area contributed by atoms with E-state index in [9.17, 15) is 14.9 Å². The first kappa shape index (κ1) is 23.7. The van der Waals surface area contributed by atoms with Crippen molar-refractivity contribution < 1.29 is 9.59 Å². The van der Waals surface area contributed by atoms with E-state index in [0.717, 1.165) is 21.2 Å². The van der Waals surface area contributed by atoms with Crippen LogP contribution in [0.5, 0.6) is 0 Å². The number of hydrogen-bond donors (Lipinski definition) is 1. The Bertz CT molecular complexity index is 1480. The Labute approximate surface area is 217 Å². The van der Waals surface area contributed by atoms with Crippen LogP contribution in [-0.4, -0.2) is 28.9 Å². The number of carbonyl (C=O) groups excluding carboxylic acids is 2. The molecule has 0 aromatic heterocycles. The molecule has 0 saturated carbocycles. The smallest absolute Gasteiger partial charge is 0.269 e. The second-order valence-electron chi connectivity index (χ2n) is 8.16. The Morgan fingerprint density at radius 1 is 1.06 bits per heavy atom. The van der Waals surface area contributed by atoms with Crippen LogP contribution in [0.4, 0.5) is 17.1 Å². The number of nitriles is 1. The van der Waals surface area contributed by atoms with Gasteiger partial charge in [0.25, 0.3) is 5.91 Å². The molecule has 1 N–H and O–H groups in total. The molecule has 3 aromatic rings. The summed E-state index contributed by atoms with van der Waals surface area (Å²) in [6.45, 7) is 1.77. The molecular formula is C27H21N5O2S2. The zero-order valence-electron chi connectivity index (χ0n) is 19.6. The van der Waals surface area contributed by atoms with Crippen LogP contribution in [0, 0.1) is 11.3 Å². The molecule has 0 aliphatic carbocycles. The van der Waals surface area contributed by atoms with Crippen molar-refractivity contribution in [1.29, 1.82) is 5.26 Å². The van der Waals surface area contributed by atoms with Crippen LogP contribution in [0.15, 0.2) is 92.6 Å². The van der Waals surface area contributed by atoms with Gasteiger partial charge in [0, 0.05) is 18.9 Å². The van der Waals surface area contributed by atoms with Gasteiger partial charge in [0.1, 0.15) is 11.0 Å². The van der Waals surface area contributed by atoms with Gasteiger partial charge in [0.05, 0.1) is 34.2 Å². The number of anilines is 2. The maximum Gasteiger partial charge on any atom is 0.269 e. The van der Waals surface area contributed by atoms with Crippen LogP contribution in [0.25, 0.3) is 0 Å². The second-order valence-corrected chi connectivity index (χ2v) is 10.2. The van der Waals surface area contributed by atoms with Crippen LogP contribution in [0.1, 0.15) is 18.1 Å². The fraction of sp³-hybridized carbons (Fsp3) is 0.111. The summed E-state index contributed by atoms with van der Waals surface area (Å²) >= 11 is 2.91. The van der Waals surface area contributed by atoms with Crippen molar-refractivity contribution in [1.82, 2.24) is 4.90 Å². The van der Waals surface area contributed by atoms with Crippen molar-refractivity contribution in [2.75, 3.05) is 17.3 Å². The number of nitrogens with zero attached hydrogens (tertiary/aromatic N) is 4. The van der Waals surface area contributed by atoms with E-state index in [-0.39, 0.29) is 11.8 Å². The van der Waals surface area contributed by atoms with Gasteiger partial charge in [-0.25, -0.2) is 4.99 Å². The molecular weight excluding hydrogens is 490 g/mol. The number of aliphatic imine (C=N–C) groups is 1. The number of amidine groups is 1. The molecule has 2 aliphatic rings. The summed E-state index contributed by atoms with van der Waals surface area (Å²) in [5.41, 5.74) is 3.30. The lowest BCUT2D eigenvalue weighted by Crippen LogP contribution is -2.29. The molecule has 2 heterocycles. The van der Waals surface area contributed by atoms with Crippen LogP contribution >= 0.6 is 23.5 Å². The van der Waals surface area contributed by atoms with Gasteiger partial charge in [-0.15, -0.1) is 0 Å². The first-order chi connectivity index (χ1) is 17.4. The van der Waals surface area contributed by atoms with Crippen molar-refractivity contribution in [2.24, 2.45) is 4.99 Å². The zero-order chi connectivity index (χ0) is 25.2. The van der Waals surface area contributed by atoms with E-state index in [1.165, 1.54) is 18.7 Å². The number of carbonyl (C=O) groups is 2. The molecule has 7 nitrogen and oxygen atoms in total. The topological polar surface area (TPSA) is 88.8 Å². The summed E-state index contributed by atoms with van der Waals surface area (Å²) in [5, 5.41) is 13.6. The van der Waals surface area contributed by atoms with E-state index < -0.39 is 0 Å². The lowest BCUT2D eigenvalue weighted by Gasteiger charge is -2.17. The summed E-state index contributed by atoms with van der Waals surface area (Å²) in [7, 11) is 1.96. The van der Waals surface area contributed by atoms with Crippen molar-refractivity contribution in [3.8, 4) is 6.07 Å². The molecule has 36 heavy (non-hydrogen) atoms. The average Bonchev–Trinajstić information content (AvgIpc) is 3.37. The van der Waals surface area contributed by atoms with E-state index >= 15 is 0 Å². The number of benzene rings is 3. The Morgan fingerprint density at radius 2 is 1.81 bits per heavy atom. The van der Waals surface area contributed by atoms with E-state index in [2.05, 4.69) is 11.4 Å². The first-order valence-corrected chi connectivity index (χ1v) is 12.8. The third kappa shape index (κ3) is 4.61. The zero-order valence-corrected chi connectivity index (χ0v) is 21.2. The van der Waals surface area contributed by atoms with Gasteiger partial charge in [-0.1, -0.05) is 54.2 Å². The largest absolute Gasteiger partial charge is 0.337 e. The van der Waals surface area contributed by atoms with Gasteiger partial charge in [-0.05, 0) is 47.7 Å². The Balaban J connectivity index is 1.55. The van der Waals surface area contributed by atoms with Gasteiger partial charge >= 0.3 is 0 Å². The molecule has 2 amide bonds. The van der Waals surface area contributed by atoms with E-state index in [0.29, 0.717) is 33.6 Å². The highest BCUT2D eigenvalue weighted by Gasteiger charge is 2.39. The molecule has 9 heteroatoms. The summed E-state index contributed by atoms with van der Waals surface area (Å²) in [5.74, 6) is -0.368. The molecule has 1 saturated heterocycles. The predicted octanol–water partition coefficient (Wildman–Crippen LogP) is 5.69. The lowest BCUT2D eigenvalue weighted by molar-refractivity contribution is -0.122. The van der Waals surface area contributed by atoms with E-state index in [4.69, 9.17) is 4.99 Å². The van der Waals surface area contributed by atoms with Gasteiger partial charge in [0.2, 0.25) is 5.91 Å². The standard InChI is InChI=1S/C27H21N5O2S2/c1-17(33)29-21-13-12-20(14-19(21)15-28)30-27-32(16-18-8-4-3-5-9-18)25(34)24(36-27)26-31(2)22-10-6-7-11-23(22)35-26/h3-14H,16H2,1-2H3,(H,29,33)/b26-24-,30-27?. The molecule has 0 bridgehead atoms. The third-order valence-electron chi connectivity index (χ3n) is 5.64. The summed E-state index contributed by atoms with van der Waals surface area (Å²) in [6, 6.07) is 24.9. The van der Waals surface area contributed by atoms with E-state index in [1.54, 1.807) is 34.9 Å². The molecule has 0 unspecified atom stereocenters. The van der Waals surface area contributed by atoms with Gasteiger partial charge in [-0.2, -0.15) is 5.26 Å². The highest BCUT2D eigenvalue weighted by Crippen LogP contribution is 2.50.